The summed E-state index contributed by atoms with van der Waals surface area (Å²) in [7, 11) is 0. The zero-order valence-electron chi connectivity index (χ0n) is 20.9. The zero-order chi connectivity index (χ0) is 27.4. The normalized spacial score (nSPS) is 12.8. The topological polar surface area (TPSA) is 69.0 Å². The molecule has 1 amide bonds. The zero-order valence-corrected chi connectivity index (χ0v) is 22.5. The van der Waals surface area contributed by atoms with Crippen LogP contribution >= 0.6 is 23.4 Å². The molecule has 2 aromatic carbocycles. The maximum absolute atomic E-state index is 13.0. The van der Waals surface area contributed by atoms with Gasteiger partial charge in [-0.2, -0.15) is 13.2 Å². The van der Waals surface area contributed by atoms with Gasteiger partial charge in [-0.05, 0) is 48.2 Å². The van der Waals surface area contributed by atoms with Crippen molar-refractivity contribution in [2.75, 3.05) is 11.1 Å². The van der Waals surface area contributed by atoms with Gasteiger partial charge in [0.2, 0.25) is 5.91 Å². The van der Waals surface area contributed by atoms with Crippen LogP contribution in [0.2, 0.25) is 5.02 Å². The van der Waals surface area contributed by atoms with E-state index in [-0.39, 0.29) is 21.9 Å². The van der Waals surface area contributed by atoms with Gasteiger partial charge in [-0.3, -0.25) is 9.36 Å². The van der Waals surface area contributed by atoms with E-state index in [1.54, 1.807) is 10.6 Å². The van der Waals surface area contributed by atoms with Crippen molar-refractivity contribution >= 4 is 35.0 Å². The summed E-state index contributed by atoms with van der Waals surface area (Å²) < 4.78 is 46.8. The highest BCUT2D eigenvalue weighted by Crippen LogP contribution is 2.34. The molecule has 3 aromatic rings. The summed E-state index contributed by atoms with van der Waals surface area (Å²) in [4.78, 5) is 12.5. The van der Waals surface area contributed by atoms with E-state index in [0.29, 0.717) is 23.3 Å². The third-order valence-corrected chi connectivity index (χ3v) is 6.65. The first kappa shape index (κ1) is 28.6. The van der Waals surface area contributed by atoms with Gasteiger partial charge in [-0.15, -0.1) is 16.8 Å². The number of carbonyl (C=O) groups is 1. The van der Waals surface area contributed by atoms with E-state index >= 15 is 0 Å². The number of anilines is 1. The number of hydrogen-bond acceptors (Lipinski definition) is 5. The SMILES string of the molecule is C=CCn1c(SCC(=O)Nc2cc(C(F)(F)F)ccc2Cl)nnc1C(C)Oc1ccc(C(C)(C)C)cc1. The number of rotatable bonds is 9. The molecule has 1 unspecified atom stereocenters. The fourth-order valence-electron chi connectivity index (χ4n) is 3.41. The van der Waals surface area contributed by atoms with Gasteiger partial charge >= 0.3 is 6.18 Å². The van der Waals surface area contributed by atoms with Crippen LogP contribution in [-0.2, 0) is 22.9 Å². The van der Waals surface area contributed by atoms with Gasteiger partial charge in [-0.1, -0.05) is 62.3 Å². The number of thioether (sulfide) groups is 1. The molecule has 0 bridgehead atoms. The summed E-state index contributed by atoms with van der Waals surface area (Å²) in [5.41, 5.74) is 0.192. The van der Waals surface area contributed by atoms with Crippen LogP contribution in [-0.4, -0.2) is 26.4 Å². The minimum absolute atomic E-state index is 0.00460. The summed E-state index contributed by atoms with van der Waals surface area (Å²) in [6.07, 6.45) is -3.33. The van der Waals surface area contributed by atoms with E-state index in [0.717, 1.165) is 30.0 Å². The summed E-state index contributed by atoms with van der Waals surface area (Å²) in [5.74, 6) is 0.568. The Hall–Kier alpha value is -2.98. The van der Waals surface area contributed by atoms with E-state index in [2.05, 4.69) is 42.9 Å². The molecule has 1 aromatic heterocycles. The van der Waals surface area contributed by atoms with Crippen molar-refractivity contribution in [1.29, 1.82) is 0 Å². The molecule has 0 aliphatic rings. The molecule has 6 nitrogen and oxygen atoms in total. The van der Waals surface area contributed by atoms with E-state index < -0.39 is 23.8 Å². The molecule has 11 heteroatoms. The predicted octanol–water partition coefficient (Wildman–Crippen LogP) is 7.30. The lowest BCUT2D eigenvalue weighted by molar-refractivity contribution is -0.137. The van der Waals surface area contributed by atoms with Crippen molar-refractivity contribution in [3.63, 3.8) is 0 Å². The van der Waals surface area contributed by atoms with Gasteiger partial charge in [0.25, 0.3) is 0 Å². The van der Waals surface area contributed by atoms with Crippen molar-refractivity contribution in [2.45, 2.75) is 57.1 Å². The Morgan fingerprint density at radius 3 is 2.41 bits per heavy atom. The lowest BCUT2D eigenvalue weighted by Gasteiger charge is -2.20. The lowest BCUT2D eigenvalue weighted by Crippen LogP contribution is -2.16. The monoisotopic (exact) mass is 552 g/mol. The molecule has 37 heavy (non-hydrogen) atoms. The third-order valence-electron chi connectivity index (χ3n) is 5.35. The van der Waals surface area contributed by atoms with Crippen molar-refractivity contribution in [3.05, 3.63) is 77.1 Å². The number of carbonyl (C=O) groups excluding carboxylic acids is 1. The molecule has 198 valence electrons. The van der Waals surface area contributed by atoms with Crippen LogP contribution in [0.15, 0.2) is 60.3 Å². The fourth-order valence-corrected chi connectivity index (χ4v) is 4.33. The number of alkyl halides is 3. The Morgan fingerprint density at radius 2 is 1.81 bits per heavy atom. The van der Waals surface area contributed by atoms with Crippen molar-refractivity contribution in [3.8, 4) is 5.75 Å². The molecule has 0 aliphatic carbocycles. The molecule has 1 heterocycles. The highest BCUT2D eigenvalue weighted by molar-refractivity contribution is 7.99. The average Bonchev–Trinajstić information content (AvgIpc) is 3.21. The van der Waals surface area contributed by atoms with E-state index in [4.69, 9.17) is 16.3 Å². The molecule has 1 atom stereocenters. The van der Waals surface area contributed by atoms with Crippen LogP contribution in [0.1, 0.15) is 50.8 Å². The number of ether oxygens (including phenoxy) is 1. The highest BCUT2D eigenvalue weighted by Gasteiger charge is 2.31. The Labute approximate surface area is 223 Å². The molecule has 0 saturated carbocycles. The molecule has 0 aliphatic heterocycles. The van der Waals surface area contributed by atoms with Crippen molar-refractivity contribution in [1.82, 2.24) is 14.8 Å². The molecular weight excluding hydrogens is 525 g/mol. The second-order valence-electron chi connectivity index (χ2n) is 9.30. The third kappa shape index (κ3) is 7.52. The number of amides is 1. The van der Waals surface area contributed by atoms with Crippen LogP contribution in [0.4, 0.5) is 18.9 Å². The predicted molar refractivity (Wildman–Crippen MR) is 140 cm³/mol. The smallest absolute Gasteiger partial charge is 0.416 e. The Kier molecular flexibility index (Phi) is 8.96. The summed E-state index contributed by atoms with van der Waals surface area (Å²) in [6.45, 7) is 12.4. The summed E-state index contributed by atoms with van der Waals surface area (Å²) in [5, 5.41) is 11.3. The number of benzene rings is 2. The number of allylic oxidation sites excluding steroid dienone is 1. The first-order chi connectivity index (χ1) is 17.3. The Bertz CT molecular complexity index is 1250. The lowest BCUT2D eigenvalue weighted by atomic mass is 9.87. The van der Waals surface area contributed by atoms with Gasteiger partial charge in [0, 0.05) is 6.54 Å². The largest absolute Gasteiger partial charge is 0.483 e. The van der Waals surface area contributed by atoms with Crippen molar-refractivity contribution in [2.24, 2.45) is 0 Å². The molecular formula is C26H28ClF3N4O2S. The fraction of sp³-hybridized carbons (Fsp3) is 0.346. The van der Waals surface area contributed by atoms with E-state index in [1.165, 1.54) is 5.56 Å². The van der Waals surface area contributed by atoms with Crippen LogP contribution in [0.3, 0.4) is 0 Å². The van der Waals surface area contributed by atoms with Crippen LogP contribution in [0.25, 0.3) is 0 Å². The number of hydrogen-bond donors (Lipinski definition) is 1. The second-order valence-corrected chi connectivity index (χ2v) is 10.7. The standard InChI is InChI=1S/C26H28ClF3N4O2S/c1-6-13-34-23(16(2)36-19-10-7-17(8-11-19)25(3,4)5)32-33-24(34)37-15-22(35)31-21-14-18(26(28,29)30)9-12-20(21)27/h6-12,14,16H,1,13,15H2,2-5H3,(H,31,35). The number of aromatic nitrogens is 3. The maximum Gasteiger partial charge on any atom is 0.416 e. The first-order valence-electron chi connectivity index (χ1n) is 11.4. The Morgan fingerprint density at radius 1 is 1.16 bits per heavy atom. The molecule has 0 radical (unpaired) electrons. The highest BCUT2D eigenvalue weighted by atomic mass is 35.5. The second kappa shape index (κ2) is 11.6. The summed E-state index contributed by atoms with van der Waals surface area (Å²) >= 11 is 7.06. The minimum atomic E-state index is -4.55. The van der Waals surface area contributed by atoms with E-state index in [9.17, 15) is 18.0 Å². The maximum atomic E-state index is 13.0. The quantitative estimate of drug-likeness (QED) is 0.223. The van der Waals surface area contributed by atoms with Gasteiger partial charge in [0.1, 0.15) is 5.75 Å². The van der Waals surface area contributed by atoms with Gasteiger partial charge in [0.15, 0.2) is 17.1 Å². The van der Waals surface area contributed by atoms with Crippen LogP contribution in [0.5, 0.6) is 5.75 Å². The Balaban J connectivity index is 1.69. The molecule has 0 saturated heterocycles. The number of halogens is 4. The van der Waals surface area contributed by atoms with Gasteiger partial charge in [-0.25, -0.2) is 0 Å². The number of nitrogens with zero attached hydrogens (tertiary/aromatic N) is 3. The van der Waals surface area contributed by atoms with Crippen LogP contribution < -0.4 is 10.1 Å². The molecule has 0 fully saturated rings. The first-order valence-corrected chi connectivity index (χ1v) is 12.8. The van der Waals surface area contributed by atoms with E-state index in [1.807, 2.05) is 31.2 Å². The minimum Gasteiger partial charge on any atom is -0.483 e. The molecule has 1 N–H and O–H groups in total. The number of nitrogens with one attached hydrogen (secondary N) is 1. The molecule has 0 spiro atoms. The average molecular weight is 553 g/mol. The van der Waals surface area contributed by atoms with Crippen molar-refractivity contribution < 1.29 is 22.7 Å². The van der Waals surface area contributed by atoms with Crippen LogP contribution in [0, 0.1) is 0 Å². The van der Waals surface area contributed by atoms with Gasteiger partial charge < -0.3 is 10.1 Å². The van der Waals surface area contributed by atoms with Gasteiger partial charge in [0.05, 0.1) is 22.0 Å². The molecule has 3 rings (SSSR count). The summed E-state index contributed by atoms with van der Waals surface area (Å²) in [6, 6.07) is 10.6.